The molecule has 0 aromatic carbocycles. The fraction of sp³-hybridized carbons (Fsp3) is 0.600. The van der Waals surface area contributed by atoms with Gasteiger partial charge in [-0.1, -0.05) is 5.57 Å². The Morgan fingerprint density at radius 1 is 1.35 bits per heavy atom. The molecule has 0 amide bonds. The molecule has 1 aliphatic heterocycles. The van der Waals surface area contributed by atoms with Gasteiger partial charge in [-0.2, -0.15) is 0 Å². The van der Waals surface area contributed by atoms with Crippen molar-refractivity contribution in [2.45, 2.75) is 33.2 Å². The van der Waals surface area contributed by atoms with E-state index in [2.05, 4.69) is 36.7 Å². The second kappa shape index (κ2) is 8.73. The smallest absolute Gasteiger partial charge is 0.121 e. The molecule has 0 saturated carbocycles. The van der Waals surface area contributed by atoms with Crippen LogP contribution in [0.15, 0.2) is 22.6 Å². The Labute approximate surface area is 134 Å². The van der Waals surface area contributed by atoms with Crippen molar-refractivity contribution in [2.24, 2.45) is 0 Å². The molecule has 0 radical (unpaired) electrons. The maximum Gasteiger partial charge on any atom is 0.121 e. The number of aryl methyl sites for hydroxylation is 2. The van der Waals surface area contributed by atoms with E-state index >= 15 is 0 Å². The van der Waals surface area contributed by atoms with Crippen molar-refractivity contribution in [1.29, 1.82) is 0 Å². The highest BCUT2D eigenvalue weighted by Gasteiger charge is 2.25. The molecule has 3 nitrogen and oxygen atoms in total. The van der Waals surface area contributed by atoms with Gasteiger partial charge in [0.2, 0.25) is 0 Å². The maximum absolute atomic E-state index is 5.93. The number of nitrogens with one attached hydrogen (secondary N) is 1. The van der Waals surface area contributed by atoms with Gasteiger partial charge in [0.25, 0.3) is 0 Å². The third-order valence-corrected chi connectivity index (χ3v) is 3.65. The van der Waals surface area contributed by atoms with E-state index in [0.29, 0.717) is 6.04 Å². The number of furan rings is 1. The van der Waals surface area contributed by atoms with E-state index in [1.807, 2.05) is 6.92 Å². The van der Waals surface area contributed by atoms with Crippen LogP contribution in [-0.4, -0.2) is 31.1 Å². The first-order chi connectivity index (χ1) is 8.58. The molecule has 20 heavy (non-hydrogen) atoms. The monoisotopic (exact) mass is 320 g/mol. The van der Waals surface area contributed by atoms with Gasteiger partial charge in [0.15, 0.2) is 0 Å². The van der Waals surface area contributed by atoms with Gasteiger partial charge in [0.1, 0.15) is 11.5 Å². The maximum atomic E-state index is 5.93. The predicted octanol–water partition coefficient (Wildman–Crippen LogP) is 3.65. The molecule has 0 bridgehead atoms. The number of piperazine rings is 1. The van der Waals surface area contributed by atoms with Crippen LogP contribution in [0.3, 0.4) is 0 Å². The molecule has 1 saturated heterocycles. The summed E-state index contributed by atoms with van der Waals surface area (Å²) in [6.07, 6.45) is 0.979. The van der Waals surface area contributed by atoms with Crippen LogP contribution in [0.25, 0.3) is 0 Å². The van der Waals surface area contributed by atoms with E-state index in [-0.39, 0.29) is 24.8 Å². The van der Waals surface area contributed by atoms with Crippen LogP contribution in [0.4, 0.5) is 0 Å². The molecule has 1 N–H and O–H groups in total. The van der Waals surface area contributed by atoms with Gasteiger partial charge < -0.3 is 9.73 Å². The van der Waals surface area contributed by atoms with E-state index < -0.39 is 0 Å². The molecule has 1 atom stereocenters. The van der Waals surface area contributed by atoms with Crippen molar-refractivity contribution in [2.75, 3.05) is 26.2 Å². The van der Waals surface area contributed by atoms with Gasteiger partial charge in [0, 0.05) is 26.2 Å². The third-order valence-electron chi connectivity index (χ3n) is 3.65. The lowest BCUT2D eigenvalue weighted by Gasteiger charge is -2.34. The highest BCUT2D eigenvalue weighted by atomic mass is 35.5. The van der Waals surface area contributed by atoms with Crippen molar-refractivity contribution < 1.29 is 4.42 Å². The van der Waals surface area contributed by atoms with Crippen molar-refractivity contribution in [1.82, 2.24) is 10.2 Å². The fourth-order valence-electron chi connectivity index (χ4n) is 2.50. The molecule has 2 heterocycles. The molecule has 5 heteroatoms. The van der Waals surface area contributed by atoms with Gasteiger partial charge in [-0.3, -0.25) is 4.90 Å². The molecular weight excluding hydrogens is 295 g/mol. The van der Waals surface area contributed by atoms with Crippen LogP contribution in [0, 0.1) is 13.8 Å². The zero-order chi connectivity index (χ0) is 13.1. The Balaban J connectivity index is 0.00000180. The summed E-state index contributed by atoms with van der Waals surface area (Å²) in [5, 5.41) is 3.40. The highest BCUT2D eigenvalue weighted by Crippen LogP contribution is 2.30. The molecule has 2 rings (SSSR count). The second-order valence-corrected chi connectivity index (χ2v) is 5.35. The lowest BCUT2D eigenvalue weighted by molar-refractivity contribution is 0.152. The minimum absolute atomic E-state index is 0. The third kappa shape index (κ3) is 4.81. The first kappa shape index (κ1) is 19.5. The first-order valence-corrected chi connectivity index (χ1v) is 6.74. The SMILES string of the molecule is C=C(C)C[C@@H](c1cc(C)c(C)o1)N1CCNCC1.Cl.Cl. The molecule has 1 aromatic rings. The minimum atomic E-state index is 0. The first-order valence-electron chi connectivity index (χ1n) is 6.74. The molecule has 0 aliphatic carbocycles. The number of hydrogen-bond acceptors (Lipinski definition) is 3. The topological polar surface area (TPSA) is 28.4 Å². The Morgan fingerprint density at radius 2 is 1.95 bits per heavy atom. The average Bonchev–Trinajstić information content (AvgIpc) is 2.67. The summed E-state index contributed by atoms with van der Waals surface area (Å²) in [5.74, 6) is 2.13. The lowest BCUT2D eigenvalue weighted by atomic mass is 10.0. The van der Waals surface area contributed by atoms with Gasteiger partial charge in [-0.15, -0.1) is 31.4 Å². The van der Waals surface area contributed by atoms with Gasteiger partial charge in [0.05, 0.1) is 6.04 Å². The summed E-state index contributed by atoms with van der Waals surface area (Å²) in [4.78, 5) is 2.50. The Kier molecular flexibility index (Phi) is 8.52. The normalized spacial score (nSPS) is 16.9. The summed E-state index contributed by atoms with van der Waals surface area (Å²) in [6, 6.07) is 2.53. The van der Waals surface area contributed by atoms with Crippen molar-refractivity contribution in [3.63, 3.8) is 0 Å². The number of halogens is 2. The molecule has 1 aliphatic rings. The van der Waals surface area contributed by atoms with Crippen LogP contribution in [0.1, 0.15) is 36.5 Å². The summed E-state index contributed by atoms with van der Waals surface area (Å²) in [7, 11) is 0. The summed E-state index contributed by atoms with van der Waals surface area (Å²) < 4.78 is 5.93. The van der Waals surface area contributed by atoms with Gasteiger partial charge in [-0.05, 0) is 38.8 Å². The van der Waals surface area contributed by atoms with E-state index in [4.69, 9.17) is 4.42 Å². The molecule has 0 unspecified atom stereocenters. The molecule has 1 aromatic heterocycles. The van der Waals surface area contributed by atoms with Crippen LogP contribution >= 0.6 is 24.8 Å². The van der Waals surface area contributed by atoms with Crippen LogP contribution < -0.4 is 5.32 Å². The number of hydrogen-bond donors (Lipinski definition) is 1. The van der Waals surface area contributed by atoms with Crippen molar-refractivity contribution in [3.8, 4) is 0 Å². The van der Waals surface area contributed by atoms with Gasteiger partial charge >= 0.3 is 0 Å². The molecule has 116 valence electrons. The zero-order valence-electron chi connectivity index (χ0n) is 12.6. The Morgan fingerprint density at radius 3 is 2.40 bits per heavy atom. The quantitative estimate of drug-likeness (QED) is 0.858. The van der Waals surface area contributed by atoms with Crippen molar-refractivity contribution in [3.05, 3.63) is 35.3 Å². The summed E-state index contributed by atoms with van der Waals surface area (Å²) >= 11 is 0. The molecule has 0 spiro atoms. The second-order valence-electron chi connectivity index (χ2n) is 5.35. The largest absolute Gasteiger partial charge is 0.464 e. The van der Waals surface area contributed by atoms with E-state index in [9.17, 15) is 0 Å². The Hall–Kier alpha value is -0.480. The number of nitrogens with zero attached hydrogens (tertiary/aromatic N) is 1. The van der Waals surface area contributed by atoms with Crippen LogP contribution in [0.2, 0.25) is 0 Å². The molecule has 1 fully saturated rings. The minimum Gasteiger partial charge on any atom is -0.464 e. The van der Waals surface area contributed by atoms with E-state index in [0.717, 1.165) is 44.1 Å². The number of rotatable bonds is 4. The predicted molar refractivity (Wildman–Crippen MR) is 89.3 cm³/mol. The fourth-order valence-corrected chi connectivity index (χ4v) is 2.50. The lowest BCUT2D eigenvalue weighted by Crippen LogP contribution is -2.45. The zero-order valence-corrected chi connectivity index (χ0v) is 14.2. The van der Waals surface area contributed by atoms with E-state index in [1.165, 1.54) is 11.1 Å². The molecular formula is C15H26Cl2N2O. The summed E-state index contributed by atoms with van der Waals surface area (Å²) in [5.41, 5.74) is 2.46. The van der Waals surface area contributed by atoms with Crippen LogP contribution in [0.5, 0.6) is 0 Å². The standard InChI is InChI=1S/C15H24N2O.2ClH/c1-11(2)9-14(17-7-5-16-6-8-17)15-10-12(3)13(4)18-15;;/h10,14,16H,1,5-9H2,2-4H3;2*1H/t14-;;/m0../s1. The van der Waals surface area contributed by atoms with Crippen LogP contribution in [-0.2, 0) is 0 Å². The summed E-state index contributed by atoms with van der Waals surface area (Å²) in [6.45, 7) is 14.6. The van der Waals surface area contributed by atoms with Crippen molar-refractivity contribution >= 4 is 24.8 Å². The highest BCUT2D eigenvalue weighted by molar-refractivity contribution is 5.85. The van der Waals surface area contributed by atoms with E-state index in [1.54, 1.807) is 0 Å². The Bertz CT molecular complexity index is 406. The van der Waals surface area contributed by atoms with Gasteiger partial charge in [-0.25, -0.2) is 0 Å². The average molecular weight is 321 g/mol.